The van der Waals surface area contributed by atoms with Gasteiger partial charge in [-0.2, -0.15) is 0 Å². The van der Waals surface area contributed by atoms with Crippen LogP contribution in [0.25, 0.3) is 0 Å². The van der Waals surface area contributed by atoms with Gasteiger partial charge in [0.15, 0.2) is 0 Å². The number of pyridine rings is 1. The van der Waals surface area contributed by atoms with Gasteiger partial charge in [0.2, 0.25) is 0 Å². The molecule has 0 bridgehead atoms. The fourth-order valence-electron chi connectivity index (χ4n) is 1.32. The molecule has 2 rings (SSSR count). The number of hydrogen-bond donors (Lipinski definition) is 1. The van der Waals surface area contributed by atoms with E-state index in [1.807, 2.05) is 6.07 Å². The molecule has 1 aromatic rings. The fourth-order valence-corrected chi connectivity index (χ4v) is 1.32. The highest BCUT2D eigenvalue weighted by molar-refractivity contribution is 5.29. The molecule has 0 aliphatic heterocycles. The van der Waals surface area contributed by atoms with E-state index in [0.717, 1.165) is 24.2 Å². The second kappa shape index (κ2) is 3.75. The molecule has 1 fully saturated rings. The van der Waals surface area contributed by atoms with Crippen LogP contribution in [0.5, 0.6) is 5.75 Å². The summed E-state index contributed by atoms with van der Waals surface area (Å²) < 4.78 is 5.67. The van der Waals surface area contributed by atoms with E-state index in [0.29, 0.717) is 6.10 Å². The first kappa shape index (κ1) is 8.51. The van der Waals surface area contributed by atoms with Gasteiger partial charge in [0.05, 0.1) is 12.7 Å². The van der Waals surface area contributed by atoms with Crippen molar-refractivity contribution in [1.82, 2.24) is 4.98 Å². The summed E-state index contributed by atoms with van der Waals surface area (Å²) in [7, 11) is 0. The first-order chi connectivity index (χ1) is 6.40. The topological polar surface area (TPSA) is 42.4 Å². The van der Waals surface area contributed by atoms with Gasteiger partial charge in [-0.3, -0.25) is 4.98 Å². The smallest absolute Gasteiger partial charge is 0.128 e. The molecule has 0 saturated heterocycles. The van der Waals surface area contributed by atoms with E-state index in [1.54, 1.807) is 12.4 Å². The van der Waals surface area contributed by atoms with Gasteiger partial charge in [-0.05, 0) is 25.3 Å². The van der Waals surface area contributed by atoms with Gasteiger partial charge >= 0.3 is 0 Å². The van der Waals surface area contributed by atoms with E-state index in [2.05, 4.69) is 4.98 Å². The number of ether oxygens (including phenoxy) is 1. The average molecular weight is 179 g/mol. The van der Waals surface area contributed by atoms with E-state index < -0.39 is 0 Å². The van der Waals surface area contributed by atoms with E-state index in [1.165, 1.54) is 6.42 Å². The van der Waals surface area contributed by atoms with Crippen LogP contribution in [0.1, 0.15) is 24.8 Å². The van der Waals surface area contributed by atoms with Gasteiger partial charge in [0.25, 0.3) is 0 Å². The number of nitrogens with zero attached hydrogens (tertiary/aromatic N) is 1. The molecule has 0 aromatic carbocycles. The van der Waals surface area contributed by atoms with Crippen LogP contribution in [0.2, 0.25) is 0 Å². The van der Waals surface area contributed by atoms with Crippen molar-refractivity contribution >= 4 is 0 Å². The SMILES string of the molecule is OCc1cnccc1OC1CCC1. The number of aliphatic hydroxyl groups excluding tert-OH is 1. The van der Waals surface area contributed by atoms with E-state index in [4.69, 9.17) is 9.84 Å². The van der Waals surface area contributed by atoms with Crippen LogP contribution in [0, 0.1) is 0 Å². The minimum atomic E-state index is -0.00407. The van der Waals surface area contributed by atoms with Crippen molar-refractivity contribution < 1.29 is 9.84 Å². The standard InChI is InChI=1S/C10H13NO2/c12-7-8-6-11-5-4-10(8)13-9-2-1-3-9/h4-6,9,12H,1-3,7H2. The third-order valence-electron chi connectivity index (χ3n) is 2.38. The Hall–Kier alpha value is -1.09. The van der Waals surface area contributed by atoms with Crippen LogP contribution in [-0.2, 0) is 6.61 Å². The molecule has 1 aromatic heterocycles. The lowest BCUT2D eigenvalue weighted by molar-refractivity contribution is 0.116. The van der Waals surface area contributed by atoms with Crippen LogP contribution in [0.15, 0.2) is 18.5 Å². The molecule has 1 heterocycles. The van der Waals surface area contributed by atoms with Crippen molar-refractivity contribution in [3.63, 3.8) is 0 Å². The molecule has 0 amide bonds. The number of hydrogen-bond acceptors (Lipinski definition) is 3. The summed E-state index contributed by atoms with van der Waals surface area (Å²) >= 11 is 0. The Morgan fingerprint density at radius 1 is 1.54 bits per heavy atom. The zero-order chi connectivity index (χ0) is 9.10. The second-order valence-electron chi connectivity index (χ2n) is 3.31. The Labute approximate surface area is 77.4 Å². The predicted molar refractivity (Wildman–Crippen MR) is 48.4 cm³/mol. The van der Waals surface area contributed by atoms with Gasteiger partial charge in [0, 0.05) is 18.0 Å². The van der Waals surface area contributed by atoms with Crippen LogP contribution >= 0.6 is 0 Å². The largest absolute Gasteiger partial charge is 0.490 e. The summed E-state index contributed by atoms with van der Waals surface area (Å²) in [6.07, 6.45) is 7.21. The maximum atomic E-state index is 9.00. The van der Waals surface area contributed by atoms with E-state index >= 15 is 0 Å². The number of rotatable bonds is 3. The molecule has 70 valence electrons. The third-order valence-corrected chi connectivity index (χ3v) is 2.38. The summed E-state index contributed by atoms with van der Waals surface area (Å²) in [5.74, 6) is 0.780. The number of aliphatic hydroxyl groups is 1. The van der Waals surface area contributed by atoms with Crippen molar-refractivity contribution in [3.05, 3.63) is 24.0 Å². The Morgan fingerprint density at radius 2 is 2.38 bits per heavy atom. The Balaban J connectivity index is 2.08. The summed E-state index contributed by atoms with van der Waals surface area (Å²) in [6, 6.07) is 1.81. The molecule has 1 N–H and O–H groups in total. The predicted octanol–water partition coefficient (Wildman–Crippen LogP) is 1.51. The molecular formula is C10H13NO2. The zero-order valence-electron chi connectivity index (χ0n) is 7.44. The van der Waals surface area contributed by atoms with Gasteiger partial charge in [0.1, 0.15) is 5.75 Å². The maximum Gasteiger partial charge on any atom is 0.128 e. The lowest BCUT2D eigenvalue weighted by atomic mass is 9.96. The monoisotopic (exact) mass is 179 g/mol. The summed E-state index contributed by atoms with van der Waals surface area (Å²) in [4.78, 5) is 3.93. The van der Waals surface area contributed by atoms with E-state index in [-0.39, 0.29) is 6.61 Å². The highest BCUT2D eigenvalue weighted by Crippen LogP contribution is 2.26. The zero-order valence-corrected chi connectivity index (χ0v) is 7.44. The Bertz CT molecular complexity index is 284. The lowest BCUT2D eigenvalue weighted by Gasteiger charge is -2.27. The van der Waals surface area contributed by atoms with E-state index in [9.17, 15) is 0 Å². The number of aromatic nitrogens is 1. The second-order valence-corrected chi connectivity index (χ2v) is 3.31. The van der Waals surface area contributed by atoms with Crippen molar-refractivity contribution in [2.75, 3.05) is 0 Å². The maximum absolute atomic E-state index is 9.00. The molecule has 1 aliphatic carbocycles. The molecule has 0 spiro atoms. The molecule has 0 atom stereocenters. The Morgan fingerprint density at radius 3 is 3.00 bits per heavy atom. The van der Waals surface area contributed by atoms with Crippen LogP contribution < -0.4 is 4.74 Å². The fraction of sp³-hybridized carbons (Fsp3) is 0.500. The lowest BCUT2D eigenvalue weighted by Crippen LogP contribution is -2.25. The van der Waals surface area contributed by atoms with Crippen molar-refractivity contribution in [1.29, 1.82) is 0 Å². The summed E-state index contributed by atoms with van der Waals surface area (Å²) in [5.41, 5.74) is 0.773. The Kier molecular flexibility index (Phi) is 2.45. The highest BCUT2D eigenvalue weighted by Gasteiger charge is 2.19. The van der Waals surface area contributed by atoms with Crippen molar-refractivity contribution in [2.24, 2.45) is 0 Å². The van der Waals surface area contributed by atoms with Crippen LogP contribution in [0.3, 0.4) is 0 Å². The van der Waals surface area contributed by atoms with Crippen molar-refractivity contribution in [2.45, 2.75) is 32.0 Å². The van der Waals surface area contributed by atoms with Crippen LogP contribution in [-0.4, -0.2) is 16.2 Å². The molecule has 3 nitrogen and oxygen atoms in total. The van der Waals surface area contributed by atoms with Gasteiger partial charge < -0.3 is 9.84 Å². The molecule has 0 unspecified atom stereocenters. The molecule has 13 heavy (non-hydrogen) atoms. The van der Waals surface area contributed by atoms with Gasteiger partial charge in [-0.15, -0.1) is 0 Å². The minimum Gasteiger partial charge on any atom is -0.490 e. The highest BCUT2D eigenvalue weighted by atomic mass is 16.5. The first-order valence-electron chi connectivity index (χ1n) is 4.60. The minimum absolute atomic E-state index is 0.00407. The molecule has 0 radical (unpaired) electrons. The van der Waals surface area contributed by atoms with Gasteiger partial charge in [-0.25, -0.2) is 0 Å². The molecule has 1 aliphatic rings. The quantitative estimate of drug-likeness (QED) is 0.764. The molecular weight excluding hydrogens is 166 g/mol. The average Bonchev–Trinajstić information content (AvgIpc) is 2.12. The van der Waals surface area contributed by atoms with Gasteiger partial charge in [-0.1, -0.05) is 0 Å². The normalized spacial score (nSPS) is 16.7. The summed E-state index contributed by atoms with van der Waals surface area (Å²) in [6.45, 7) is -0.00407. The first-order valence-corrected chi connectivity index (χ1v) is 4.60. The van der Waals surface area contributed by atoms with Crippen molar-refractivity contribution in [3.8, 4) is 5.75 Å². The van der Waals surface area contributed by atoms with Crippen LogP contribution in [0.4, 0.5) is 0 Å². The third kappa shape index (κ3) is 1.80. The molecule has 3 heteroatoms. The molecule has 1 saturated carbocycles. The summed E-state index contributed by atoms with van der Waals surface area (Å²) in [5, 5.41) is 9.00.